The van der Waals surface area contributed by atoms with Crippen LogP contribution in [0, 0.1) is 15.5 Å². The Morgan fingerprint density at radius 1 is 1.44 bits per heavy atom. The van der Waals surface area contributed by atoms with Gasteiger partial charge >= 0.3 is 5.97 Å². The number of fused-ring (bicyclic) bond motifs is 1. The van der Waals surface area contributed by atoms with E-state index in [-0.39, 0.29) is 24.7 Å². The second-order valence-corrected chi connectivity index (χ2v) is 7.17. The first-order valence-corrected chi connectivity index (χ1v) is 8.37. The minimum atomic E-state index is -1.08. The predicted octanol–water partition coefficient (Wildman–Crippen LogP) is 2.37. The summed E-state index contributed by atoms with van der Waals surface area (Å²) >= 11 is 1.24. The molecule has 9 heteroatoms. The summed E-state index contributed by atoms with van der Waals surface area (Å²) in [5.41, 5.74) is -1.12. The van der Waals surface area contributed by atoms with Crippen LogP contribution in [0.15, 0.2) is 24.3 Å². The molecule has 3 rings (SSSR count). The van der Waals surface area contributed by atoms with Gasteiger partial charge in [0.2, 0.25) is 0 Å². The number of nitro groups is 1. The molecule has 1 atom stereocenters. The van der Waals surface area contributed by atoms with E-state index >= 15 is 0 Å². The number of nitro benzene ring substituents is 1. The number of carbonyl (C=O) groups is 2. The number of benzene rings is 1. The van der Waals surface area contributed by atoms with E-state index in [9.17, 15) is 24.8 Å². The zero-order valence-electron chi connectivity index (χ0n) is 13.4. The first-order chi connectivity index (χ1) is 11.9. The van der Waals surface area contributed by atoms with Crippen molar-refractivity contribution in [2.45, 2.75) is 6.42 Å². The summed E-state index contributed by atoms with van der Waals surface area (Å²) < 4.78 is 5.80. The molecule has 132 valence electrons. The zero-order valence-corrected chi connectivity index (χ0v) is 14.2. The van der Waals surface area contributed by atoms with Gasteiger partial charge in [0.1, 0.15) is 5.41 Å². The number of carboxylic acids is 1. The average molecular weight is 364 g/mol. The molecule has 25 heavy (non-hydrogen) atoms. The first kappa shape index (κ1) is 17.3. The van der Waals surface area contributed by atoms with Crippen LogP contribution in [0.25, 0.3) is 10.1 Å². The molecule has 0 aliphatic carbocycles. The lowest BCUT2D eigenvalue weighted by Gasteiger charge is -2.23. The summed E-state index contributed by atoms with van der Waals surface area (Å²) in [7, 11) is 1.44. The quantitative estimate of drug-likeness (QED) is 0.644. The molecular weight excluding hydrogens is 348 g/mol. The Balaban J connectivity index is 1.85. The van der Waals surface area contributed by atoms with Crippen LogP contribution in [0.3, 0.4) is 0 Å². The average Bonchev–Trinajstić information content (AvgIpc) is 3.18. The number of hydrogen-bond donors (Lipinski definition) is 1. The smallest absolute Gasteiger partial charge is 0.313 e. The molecule has 0 radical (unpaired) electrons. The largest absolute Gasteiger partial charge is 0.481 e. The van der Waals surface area contributed by atoms with Gasteiger partial charge in [0.05, 0.1) is 16.4 Å². The summed E-state index contributed by atoms with van der Waals surface area (Å²) in [6, 6.07) is 6.06. The number of carboxylic acid groups (broad SMARTS) is 1. The third-order valence-corrected chi connectivity index (χ3v) is 5.54. The number of non-ortho nitro benzene ring substituents is 1. The lowest BCUT2D eigenvalue weighted by Crippen LogP contribution is -2.40. The maximum absolute atomic E-state index is 12.7. The third-order valence-electron chi connectivity index (χ3n) is 4.44. The van der Waals surface area contributed by atoms with Gasteiger partial charge in [0, 0.05) is 42.4 Å². The zero-order chi connectivity index (χ0) is 18.2. The molecule has 8 nitrogen and oxygen atoms in total. The highest BCUT2D eigenvalue weighted by Gasteiger charge is 2.46. The number of hydrogen-bond acceptors (Lipinski definition) is 6. The van der Waals surface area contributed by atoms with E-state index in [0.29, 0.717) is 23.2 Å². The molecule has 1 fully saturated rings. The number of nitrogens with zero attached hydrogens (tertiary/aromatic N) is 2. The van der Waals surface area contributed by atoms with Gasteiger partial charge in [-0.25, -0.2) is 0 Å². The monoisotopic (exact) mass is 364 g/mol. The van der Waals surface area contributed by atoms with E-state index in [1.807, 2.05) is 0 Å². The fraction of sp³-hybridized carbons (Fsp3) is 0.375. The Morgan fingerprint density at radius 2 is 2.20 bits per heavy atom. The van der Waals surface area contributed by atoms with Crippen molar-refractivity contribution in [2.24, 2.45) is 5.41 Å². The van der Waals surface area contributed by atoms with Crippen LogP contribution >= 0.6 is 11.3 Å². The number of thiophene rings is 1. The molecule has 2 heterocycles. The molecule has 2 aromatic rings. The molecule has 1 aromatic heterocycles. The Kier molecular flexibility index (Phi) is 4.44. The normalized spacial score (nSPS) is 20.1. The van der Waals surface area contributed by atoms with Gasteiger partial charge < -0.3 is 14.7 Å². The molecule has 0 saturated carbocycles. The van der Waals surface area contributed by atoms with Crippen LogP contribution in [0.2, 0.25) is 0 Å². The Hall–Kier alpha value is -2.52. The lowest BCUT2D eigenvalue weighted by molar-refractivity contribution is -0.384. The van der Waals surface area contributed by atoms with E-state index < -0.39 is 16.3 Å². The van der Waals surface area contributed by atoms with Gasteiger partial charge in [-0.05, 0) is 18.6 Å². The van der Waals surface area contributed by atoms with E-state index in [0.717, 1.165) is 4.70 Å². The van der Waals surface area contributed by atoms with Gasteiger partial charge in [0.15, 0.2) is 0 Å². The maximum Gasteiger partial charge on any atom is 0.313 e. The van der Waals surface area contributed by atoms with Crippen molar-refractivity contribution in [2.75, 3.05) is 26.8 Å². The summed E-state index contributed by atoms with van der Waals surface area (Å²) in [5, 5.41) is 21.0. The predicted molar refractivity (Wildman–Crippen MR) is 90.9 cm³/mol. The highest BCUT2D eigenvalue weighted by Crippen LogP contribution is 2.34. The molecule has 1 aliphatic rings. The topological polar surface area (TPSA) is 110 Å². The number of methoxy groups -OCH3 is 1. The fourth-order valence-electron chi connectivity index (χ4n) is 3.08. The summed E-state index contributed by atoms with van der Waals surface area (Å²) in [6.07, 6.45) is 0.332. The van der Waals surface area contributed by atoms with Crippen LogP contribution in [0.4, 0.5) is 5.69 Å². The van der Waals surface area contributed by atoms with Crippen molar-refractivity contribution in [3.05, 3.63) is 39.3 Å². The SMILES string of the molecule is COCC1(C(=O)O)CCN(C(=O)c2cc3cc([N+](=O)[O-])ccc3s2)C1. The number of aliphatic carboxylic acids is 1. The standard InChI is InChI=1S/C16H16N2O6S/c1-24-9-16(15(20)21)4-5-17(8-16)14(19)13-7-10-6-11(18(22)23)2-3-12(10)25-13/h2-3,6-7H,4-5,8-9H2,1H3,(H,20,21). The maximum atomic E-state index is 12.7. The number of rotatable bonds is 5. The van der Waals surface area contributed by atoms with Crippen LogP contribution in [0.5, 0.6) is 0 Å². The van der Waals surface area contributed by atoms with E-state index in [2.05, 4.69) is 0 Å². The summed E-state index contributed by atoms with van der Waals surface area (Å²) in [6.45, 7) is 0.469. The minimum absolute atomic E-state index is 0.0320. The summed E-state index contributed by atoms with van der Waals surface area (Å²) in [4.78, 5) is 36.6. The Morgan fingerprint density at radius 3 is 2.84 bits per heavy atom. The lowest BCUT2D eigenvalue weighted by atomic mass is 9.88. The Labute approximate surface area is 146 Å². The van der Waals surface area contributed by atoms with Crippen LogP contribution < -0.4 is 0 Å². The molecule has 1 unspecified atom stereocenters. The van der Waals surface area contributed by atoms with Crippen molar-refractivity contribution in [3.8, 4) is 0 Å². The number of likely N-dealkylation sites (tertiary alicyclic amines) is 1. The second-order valence-electron chi connectivity index (χ2n) is 6.09. The highest BCUT2D eigenvalue weighted by molar-refractivity contribution is 7.20. The highest BCUT2D eigenvalue weighted by atomic mass is 32.1. The molecule has 1 saturated heterocycles. The number of carbonyl (C=O) groups excluding carboxylic acids is 1. The second kappa shape index (κ2) is 6.41. The molecule has 1 N–H and O–H groups in total. The fourth-order valence-corrected chi connectivity index (χ4v) is 4.09. The van der Waals surface area contributed by atoms with Crippen molar-refractivity contribution in [3.63, 3.8) is 0 Å². The molecule has 1 amide bonds. The number of ether oxygens (including phenoxy) is 1. The molecule has 0 spiro atoms. The van der Waals surface area contributed by atoms with Crippen molar-refractivity contribution >= 4 is 39.0 Å². The molecular formula is C16H16N2O6S. The van der Waals surface area contributed by atoms with Gasteiger partial charge in [-0.15, -0.1) is 11.3 Å². The van der Waals surface area contributed by atoms with E-state index in [1.165, 1.54) is 35.5 Å². The van der Waals surface area contributed by atoms with Gasteiger partial charge in [-0.2, -0.15) is 0 Å². The first-order valence-electron chi connectivity index (χ1n) is 7.56. The molecule has 1 aliphatic heterocycles. The van der Waals surface area contributed by atoms with E-state index in [4.69, 9.17) is 4.74 Å². The third kappa shape index (κ3) is 3.08. The Bertz CT molecular complexity index is 863. The van der Waals surface area contributed by atoms with Gasteiger partial charge in [-0.3, -0.25) is 19.7 Å². The van der Waals surface area contributed by atoms with Crippen LogP contribution in [-0.2, 0) is 9.53 Å². The van der Waals surface area contributed by atoms with Crippen molar-refractivity contribution in [1.82, 2.24) is 4.90 Å². The number of amides is 1. The van der Waals surface area contributed by atoms with Gasteiger partial charge in [-0.1, -0.05) is 0 Å². The summed E-state index contributed by atoms with van der Waals surface area (Å²) in [5.74, 6) is -1.24. The van der Waals surface area contributed by atoms with Crippen LogP contribution in [-0.4, -0.2) is 53.6 Å². The molecule has 1 aromatic carbocycles. The minimum Gasteiger partial charge on any atom is -0.481 e. The van der Waals surface area contributed by atoms with Crippen LogP contribution in [0.1, 0.15) is 16.1 Å². The van der Waals surface area contributed by atoms with Gasteiger partial charge in [0.25, 0.3) is 11.6 Å². The van der Waals surface area contributed by atoms with Crippen molar-refractivity contribution < 1.29 is 24.4 Å². The molecule has 0 bridgehead atoms. The van der Waals surface area contributed by atoms with E-state index in [1.54, 1.807) is 12.1 Å². The van der Waals surface area contributed by atoms with Crippen molar-refractivity contribution in [1.29, 1.82) is 0 Å².